The Kier molecular flexibility index (Phi) is 8.38. The lowest BCUT2D eigenvalue weighted by Crippen LogP contribution is -2.44. The van der Waals surface area contributed by atoms with Gasteiger partial charge in [0.25, 0.3) is 0 Å². The first-order valence-corrected chi connectivity index (χ1v) is 11.1. The van der Waals surface area contributed by atoms with Gasteiger partial charge in [-0.3, -0.25) is 0 Å². The second-order valence-corrected chi connectivity index (χ2v) is 9.91. The summed E-state index contributed by atoms with van der Waals surface area (Å²) in [6.45, 7) is 7.88. The summed E-state index contributed by atoms with van der Waals surface area (Å²) in [7, 11) is 0. The van der Waals surface area contributed by atoms with E-state index in [1.807, 2.05) is 52.0 Å². The van der Waals surface area contributed by atoms with Crippen LogP contribution in [0.2, 0.25) is 0 Å². The Balaban J connectivity index is 2.09. The standard InChI is InChI=1S/C21H26I2N2O3/c1-13-5-7-16(8-6-13)27-19-17(22)10-14(11-18(19)23)9-15(12-24)25-20(26)28-21(2,3)4/h5-8,10-11,15H,9,12,24H2,1-4H3,(H,25,26)/t15-/m0/s1. The molecular weight excluding hydrogens is 582 g/mol. The van der Waals surface area contributed by atoms with E-state index in [-0.39, 0.29) is 6.04 Å². The quantitative estimate of drug-likeness (QED) is 0.432. The van der Waals surface area contributed by atoms with Crippen molar-refractivity contribution in [2.45, 2.75) is 45.8 Å². The van der Waals surface area contributed by atoms with Crippen molar-refractivity contribution >= 4 is 51.3 Å². The molecular formula is C21H26I2N2O3. The molecule has 2 rings (SSSR count). The zero-order chi connectivity index (χ0) is 20.9. The molecule has 0 aliphatic heterocycles. The fourth-order valence-corrected chi connectivity index (χ4v) is 4.62. The van der Waals surface area contributed by atoms with Gasteiger partial charge in [0.05, 0.1) is 7.14 Å². The SMILES string of the molecule is Cc1ccc(Oc2c(I)cc(C[C@@H](CN)NC(=O)OC(C)(C)C)cc2I)cc1. The van der Waals surface area contributed by atoms with Crippen molar-refractivity contribution in [2.24, 2.45) is 5.73 Å². The number of hydrogen-bond donors (Lipinski definition) is 2. The number of benzene rings is 2. The number of amides is 1. The van der Waals surface area contributed by atoms with Crippen molar-refractivity contribution in [3.8, 4) is 11.5 Å². The van der Waals surface area contributed by atoms with Crippen LogP contribution in [0.25, 0.3) is 0 Å². The molecule has 0 radical (unpaired) electrons. The van der Waals surface area contributed by atoms with Crippen molar-refractivity contribution in [2.75, 3.05) is 6.54 Å². The van der Waals surface area contributed by atoms with E-state index in [0.717, 1.165) is 24.2 Å². The fourth-order valence-electron chi connectivity index (χ4n) is 2.50. The van der Waals surface area contributed by atoms with Crippen LogP contribution < -0.4 is 15.8 Å². The van der Waals surface area contributed by atoms with Gasteiger partial charge < -0.3 is 20.5 Å². The first-order chi connectivity index (χ1) is 13.1. The minimum atomic E-state index is -0.539. The lowest BCUT2D eigenvalue weighted by Gasteiger charge is -2.23. The number of carbonyl (C=O) groups excluding carboxylic acids is 1. The molecule has 0 aliphatic carbocycles. The smallest absolute Gasteiger partial charge is 0.407 e. The number of hydrogen-bond acceptors (Lipinski definition) is 4. The molecule has 0 unspecified atom stereocenters. The molecule has 2 aromatic carbocycles. The number of nitrogens with two attached hydrogens (primary N) is 1. The van der Waals surface area contributed by atoms with Crippen LogP contribution >= 0.6 is 45.2 Å². The van der Waals surface area contributed by atoms with Gasteiger partial charge in [-0.25, -0.2) is 4.79 Å². The molecule has 152 valence electrons. The number of rotatable bonds is 6. The second-order valence-electron chi connectivity index (χ2n) is 7.59. The van der Waals surface area contributed by atoms with Gasteiger partial charge in [-0.15, -0.1) is 0 Å². The average Bonchev–Trinajstić information content (AvgIpc) is 2.57. The monoisotopic (exact) mass is 608 g/mol. The Labute approximate surface area is 194 Å². The molecule has 2 aromatic rings. The van der Waals surface area contributed by atoms with Gasteiger partial charge in [-0.05, 0) is 109 Å². The molecule has 0 bridgehead atoms. The highest BCUT2D eigenvalue weighted by Crippen LogP contribution is 2.33. The molecule has 0 aromatic heterocycles. The minimum absolute atomic E-state index is 0.203. The number of carbonyl (C=O) groups is 1. The summed E-state index contributed by atoms with van der Waals surface area (Å²) in [6, 6.07) is 11.9. The molecule has 7 heteroatoms. The summed E-state index contributed by atoms with van der Waals surface area (Å²) in [5.41, 5.74) is 7.59. The predicted octanol–water partition coefficient (Wildman–Crippen LogP) is 5.39. The summed E-state index contributed by atoms with van der Waals surface area (Å²) in [5.74, 6) is 1.64. The van der Waals surface area contributed by atoms with Crippen LogP contribution in [-0.2, 0) is 11.2 Å². The van der Waals surface area contributed by atoms with E-state index < -0.39 is 11.7 Å². The summed E-state index contributed by atoms with van der Waals surface area (Å²) < 4.78 is 13.4. The van der Waals surface area contributed by atoms with E-state index >= 15 is 0 Å². The van der Waals surface area contributed by atoms with Crippen LogP contribution in [0.1, 0.15) is 31.9 Å². The number of halogens is 2. The second kappa shape index (κ2) is 10.1. The van der Waals surface area contributed by atoms with Crippen LogP contribution in [0.5, 0.6) is 11.5 Å². The zero-order valence-corrected chi connectivity index (χ0v) is 20.8. The van der Waals surface area contributed by atoms with Gasteiger partial charge >= 0.3 is 6.09 Å². The van der Waals surface area contributed by atoms with E-state index in [1.165, 1.54) is 5.56 Å². The molecule has 0 saturated carbocycles. The molecule has 0 saturated heterocycles. The lowest BCUT2D eigenvalue weighted by atomic mass is 10.1. The molecule has 3 N–H and O–H groups in total. The Morgan fingerprint density at radius 1 is 1.14 bits per heavy atom. The van der Waals surface area contributed by atoms with Gasteiger partial charge in [0.2, 0.25) is 0 Å². The van der Waals surface area contributed by atoms with Gasteiger partial charge in [0, 0.05) is 12.6 Å². The highest BCUT2D eigenvalue weighted by Gasteiger charge is 2.20. The Hall–Kier alpha value is -1.07. The van der Waals surface area contributed by atoms with Crippen LogP contribution in [0, 0.1) is 14.1 Å². The maximum absolute atomic E-state index is 12.0. The fraction of sp³-hybridized carbons (Fsp3) is 0.381. The van der Waals surface area contributed by atoms with E-state index in [0.29, 0.717) is 13.0 Å². The third kappa shape index (κ3) is 7.40. The molecule has 1 atom stereocenters. The van der Waals surface area contributed by atoms with Crippen molar-refractivity contribution in [3.05, 3.63) is 54.7 Å². The largest absolute Gasteiger partial charge is 0.455 e. The van der Waals surface area contributed by atoms with Crippen LogP contribution in [0.15, 0.2) is 36.4 Å². The third-order valence-electron chi connectivity index (χ3n) is 3.79. The van der Waals surface area contributed by atoms with Gasteiger partial charge in [0.15, 0.2) is 5.75 Å². The van der Waals surface area contributed by atoms with Crippen molar-refractivity contribution in [3.63, 3.8) is 0 Å². The van der Waals surface area contributed by atoms with Crippen LogP contribution in [0.4, 0.5) is 4.79 Å². The first-order valence-electron chi connectivity index (χ1n) is 8.99. The first kappa shape index (κ1) is 23.2. The third-order valence-corrected chi connectivity index (χ3v) is 5.39. The average molecular weight is 608 g/mol. The maximum Gasteiger partial charge on any atom is 0.407 e. The molecule has 0 aliphatic rings. The van der Waals surface area contributed by atoms with Crippen molar-refractivity contribution in [1.29, 1.82) is 0 Å². The molecule has 5 nitrogen and oxygen atoms in total. The van der Waals surface area contributed by atoms with Crippen LogP contribution in [0.3, 0.4) is 0 Å². The van der Waals surface area contributed by atoms with Crippen molar-refractivity contribution < 1.29 is 14.3 Å². The van der Waals surface area contributed by atoms with Gasteiger partial charge in [0.1, 0.15) is 11.4 Å². The number of aryl methyl sites for hydroxylation is 1. The molecule has 28 heavy (non-hydrogen) atoms. The van der Waals surface area contributed by atoms with Gasteiger partial charge in [-0.1, -0.05) is 17.7 Å². The van der Waals surface area contributed by atoms with E-state index in [4.69, 9.17) is 15.2 Å². The van der Waals surface area contributed by atoms with E-state index in [2.05, 4.69) is 62.6 Å². The summed E-state index contributed by atoms with van der Waals surface area (Å²) in [5, 5.41) is 2.85. The summed E-state index contributed by atoms with van der Waals surface area (Å²) in [6.07, 6.45) is 0.165. The predicted molar refractivity (Wildman–Crippen MR) is 129 cm³/mol. The molecule has 0 heterocycles. The Morgan fingerprint density at radius 2 is 1.71 bits per heavy atom. The number of alkyl carbamates (subject to hydrolysis) is 1. The van der Waals surface area contributed by atoms with Crippen molar-refractivity contribution in [1.82, 2.24) is 5.32 Å². The molecule has 0 fully saturated rings. The lowest BCUT2D eigenvalue weighted by molar-refractivity contribution is 0.0506. The zero-order valence-electron chi connectivity index (χ0n) is 16.5. The summed E-state index contributed by atoms with van der Waals surface area (Å²) >= 11 is 4.55. The topological polar surface area (TPSA) is 73.6 Å². The molecule has 1 amide bonds. The van der Waals surface area contributed by atoms with Crippen LogP contribution in [-0.4, -0.2) is 24.3 Å². The number of ether oxygens (including phenoxy) is 2. The molecule has 0 spiro atoms. The van der Waals surface area contributed by atoms with E-state index in [1.54, 1.807) is 0 Å². The maximum atomic E-state index is 12.0. The summed E-state index contributed by atoms with van der Waals surface area (Å²) in [4.78, 5) is 12.0. The minimum Gasteiger partial charge on any atom is -0.455 e. The highest BCUT2D eigenvalue weighted by molar-refractivity contribution is 14.1. The number of nitrogens with one attached hydrogen (secondary N) is 1. The van der Waals surface area contributed by atoms with E-state index in [9.17, 15) is 4.79 Å². The Bertz CT molecular complexity index is 794. The Morgan fingerprint density at radius 3 is 2.21 bits per heavy atom. The highest BCUT2D eigenvalue weighted by atomic mass is 127. The van der Waals surface area contributed by atoms with Gasteiger partial charge in [-0.2, -0.15) is 0 Å². The normalized spacial score (nSPS) is 12.4.